The van der Waals surface area contributed by atoms with Gasteiger partial charge in [0.25, 0.3) is 0 Å². The van der Waals surface area contributed by atoms with E-state index in [1.54, 1.807) is 11.8 Å². The Morgan fingerprint density at radius 1 is 1.25 bits per heavy atom. The molecule has 1 N–H and O–H groups in total. The highest BCUT2D eigenvalue weighted by Gasteiger charge is 2.47. The monoisotopic (exact) mass is 521 g/mol. The van der Waals surface area contributed by atoms with Crippen molar-refractivity contribution in [1.82, 2.24) is 5.32 Å². The van der Waals surface area contributed by atoms with Crippen LogP contribution in [0.5, 0.6) is 0 Å². The fourth-order valence-electron chi connectivity index (χ4n) is 4.36. The summed E-state index contributed by atoms with van der Waals surface area (Å²) < 4.78 is 11.4. The fraction of sp³-hybridized carbons (Fsp3) is 0.458. The van der Waals surface area contributed by atoms with E-state index in [4.69, 9.17) is 9.47 Å². The molecule has 0 spiro atoms. The highest BCUT2D eigenvalue weighted by molar-refractivity contribution is 9.10. The molecule has 0 aromatic heterocycles. The molecule has 6 nitrogen and oxygen atoms in total. The van der Waals surface area contributed by atoms with Crippen molar-refractivity contribution in [3.63, 3.8) is 0 Å². The van der Waals surface area contributed by atoms with Crippen molar-refractivity contribution in [3.8, 4) is 0 Å². The Morgan fingerprint density at radius 2 is 1.94 bits per heavy atom. The number of Topliss-reactive ketones (excluding diaryl/α,β-unsaturated/α-hetero) is 1. The molecule has 32 heavy (non-hydrogen) atoms. The first-order valence-electron chi connectivity index (χ1n) is 10.6. The summed E-state index contributed by atoms with van der Waals surface area (Å²) in [6.07, 6.45) is 0.515. The number of hydrogen-bond donors (Lipinski definition) is 1. The Morgan fingerprint density at radius 3 is 2.56 bits per heavy atom. The van der Waals surface area contributed by atoms with E-state index in [-0.39, 0.29) is 11.7 Å². The third-order valence-corrected chi connectivity index (χ3v) is 7.22. The maximum atomic E-state index is 13.6. The van der Waals surface area contributed by atoms with Crippen LogP contribution in [0.4, 0.5) is 0 Å². The zero-order valence-corrected chi connectivity index (χ0v) is 21.1. The number of esters is 2. The van der Waals surface area contributed by atoms with Crippen molar-refractivity contribution >= 4 is 45.4 Å². The van der Waals surface area contributed by atoms with E-state index in [0.717, 1.165) is 21.5 Å². The van der Waals surface area contributed by atoms with Gasteiger partial charge in [-0.05, 0) is 42.7 Å². The quantitative estimate of drug-likeness (QED) is 0.324. The Hall–Kier alpha value is -2.06. The number of ketones is 1. The molecule has 8 heteroatoms. The van der Waals surface area contributed by atoms with Crippen molar-refractivity contribution in [2.75, 3.05) is 25.2 Å². The zero-order chi connectivity index (χ0) is 23.4. The molecule has 1 aliphatic heterocycles. The van der Waals surface area contributed by atoms with Crippen molar-refractivity contribution in [2.45, 2.75) is 33.1 Å². The Bertz CT molecular complexity index is 969. The molecule has 2 aliphatic rings. The normalized spacial score (nSPS) is 22.9. The number of hydrogen-bond acceptors (Lipinski definition) is 7. The Balaban J connectivity index is 2.06. The minimum atomic E-state index is -0.893. The van der Waals surface area contributed by atoms with Crippen LogP contribution in [0.3, 0.4) is 0 Å². The third kappa shape index (κ3) is 4.96. The van der Waals surface area contributed by atoms with Gasteiger partial charge in [-0.2, -0.15) is 11.8 Å². The molecule has 1 aromatic carbocycles. The summed E-state index contributed by atoms with van der Waals surface area (Å²) in [6, 6.07) is 7.52. The van der Waals surface area contributed by atoms with Crippen molar-refractivity contribution < 1.29 is 23.9 Å². The zero-order valence-electron chi connectivity index (χ0n) is 18.7. The van der Waals surface area contributed by atoms with E-state index in [0.29, 0.717) is 35.6 Å². The van der Waals surface area contributed by atoms with Gasteiger partial charge in [-0.15, -0.1) is 0 Å². The first kappa shape index (κ1) is 24.6. The summed E-state index contributed by atoms with van der Waals surface area (Å²) in [5.41, 5.74) is 3.07. The number of carbonyl (C=O) groups excluding carboxylic acids is 3. The van der Waals surface area contributed by atoms with Crippen LogP contribution in [-0.2, 0) is 23.9 Å². The van der Waals surface area contributed by atoms with Gasteiger partial charge >= 0.3 is 11.9 Å². The van der Waals surface area contributed by atoms with Crippen LogP contribution < -0.4 is 5.32 Å². The average Bonchev–Trinajstić information content (AvgIpc) is 2.76. The number of halogens is 1. The van der Waals surface area contributed by atoms with Gasteiger partial charge in [-0.1, -0.05) is 41.9 Å². The first-order valence-corrected chi connectivity index (χ1v) is 12.6. The number of dihydropyridines is 1. The maximum absolute atomic E-state index is 13.6. The second-order valence-corrected chi connectivity index (χ2v) is 10.2. The summed E-state index contributed by atoms with van der Waals surface area (Å²) in [4.78, 5) is 39.2. The van der Waals surface area contributed by atoms with Gasteiger partial charge in [-0.3, -0.25) is 9.59 Å². The van der Waals surface area contributed by atoms with Crippen LogP contribution in [0.1, 0.15) is 38.7 Å². The molecule has 0 unspecified atom stereocenters. The summed E-state index contributed by atoms with van der Waals surface area (Å²) in [6.45, 7) is 6.04. The highest BCUT2D eigenvalue weighted by Crippen LogP contribution is 2.45. The molecule has 0 bridgehead atoms. The smallest absolute Gasteiger partial charge is 0.336 e. The van der Waals surface area contributed by atoms with Crippen LogP contribution in [0.2, 0.25) is 0 Å². The maximum Gasteiger partial charge on any atom is 0.336 e. The second-order valence-electron chi connectivity index (χ2n) is 7.92. The molecule has 0 amide bonds. The summed E-state index contributed by atoms with van der Waals surface area (Å²) in [5.74, 6) is -1.36. The fourth-order valence-corrected chi connectivity index (χ4v) is 5.11. The molecule has 0 saturated carbocycles. The molecule has 1 aliphatic carbocycles. The molecule has 172 valence electrons. The molecular weight excluding hydrogens is 494 g/mol. The molecule has 0 fully saturated rings. The standard InChI is InChI=1S/C24H28BrNO5S/c1-5-32-11-10-31-24(29)19-14(3)26-17-12-13(2)18(23(28)30-4)22(27)21(17)20(19)15-6-8-16(25)9-7-15/h6-9,13,18,20,26H,5,10-12H2,1-4H3/t13-,18-,20+/m0/s1. The molecule has 0 radical (unpaired) electrons. The number of nitrogens with one attached hydrogen (secondary N) is 1. The van der Waals surface area contributed by atoms with Crippen LogP contribution in [0.15, 0.2) is 51.3 Å². The first-order chi connectivity index (χ1) is 15.3. The molecule has 1 heterocycles. The van der Waals surface area contributed by atoms with Crippen LogP contribution in [0, 0.1) is 11.8 Å². The van der Waals surface area contributed by atoms with Crippen molar-refractivity contribution in [1.29, 1.82) is 0 Å². The minimum Gasteiger partial charge on any atom is -0.468 e. The van der Waals surface area contributed by atoms with Gasteiger partial charge in [0.15, 0.2) is 5.78 Å². The lowest BCUT2D eigenvalue weighted by molar-refractivity contribution is -0.151. The molecule has 3 atom stereocenters. The summed E-state index contributed by atoms with van der Waals surface area (Å²) in [7, 11) is 1.29. The Kier molecular flexibility index (Phi) is 8.22. The number of allylic oxidation sites excluding steroid dienone is 3. The van der Waals surface area contributed by atoms with Crippen molar-refractivity contribution in [2.24, 2.45) is 11.8 Å². The van der Waals surface area contributed by atoms with E-state index >= 15 is 0 Å². The molecule has 3 rings (SSSR count). The van der Waals surface area contributed by atoms with Gasteiger partial charge in [-0.25, -0.2) is 4.79 Å². The SMILES string of the molecule is CCSCCOC(=O)C1=C(C)NC2=C(C(=O)[C@@H](C(=O)OC)[C@@H](C)C2)[C@@H]1c1ccc(Br)cc1. The highest BCUT2D eigenvalue weighted by atomic mass is 79.9. The molecule has 0 saturated heterocycles. The summed E-state index contributed by atoms with van der Waals surface area (Å²) >= 11 is 5.13. The van der Waals surface area contributed by atoms with E-state index in [2.05, 4.69) is 28.2 Å². The number of carbonyl (C=O) groups is 3. The van der Waals surface area contributed by atoms with Crippen molar-refractivity contribution in [3.05, 3.63) is 56.8 Å². The topological polar surface area (TPSA) is 81.7 Å². The second kappa shape index (κ2) is 10.7. The predicted molar refractivity (Wildman–Crippen MR) is 128 cm³/mol. The van der Waals surface area contributed by atoms with E-state index in [1.807, 2.05) is 38.1 Å². The Labute approximate surface area is 201 Å². The van der Waals surface area contributed by atoms with Crippen LogP contribution in [0.25, 0.3) is 0 Å². The van der Waals surface area contributed by atoms with E-state index in [1.165, 1.54) is 7.11 Å². The number of ether oxygens (including phenoxy) is 2. The summed E-state index contributed by atoms with van der Waals surface area (Å²) in [5, 5.41) is 3.27. The minimum absolute atomic E-state index is 0.209. The van der Waals surface area contributed by atoms with Gasteiger partial charge in [0.05, 0.1) is 12.7 Å². The molecular formula is C24H28BrNO5S. The predicted octanol–water partition coefficient (Wildman–Crippen LogP) is 4.36. The number of thioether (sulfide) groups is 1. The molecule has 1 aromatic rings. The van der Waals surface area contributed by atoms with E-state index < -0.39 is 23.8 Å². The number of rotatable bonds is 7. The van der Waals surface area contributed by atoms with Gasteiger partial charge in [0.1, 0.15) is 12.5 Å². The lowest BCUT2D eigenvalue weighted by Gasteiger charge is -2.38. The van der Waals surface area contributed by atoms with Crippen LogP contribution in [-0.4, -0.2) is 42.9 Å². The van der Waals surface area contributed by atoms with Gasteiger partial charge < -0.3 is 14.8 Å². The van der Waals surface area contributed by atoms with E-state index in [9.17, 15) is 14.4 Å². The number of methoxy groups -OCH3 is 1. The average molecular weight is 522 g/mol. The van der Waals surface area contributed by atoms with Gasteiger partial charge in [0.2, 0.25) is 0 Å². The van der Waals surface area contributed by atoms with Gasteiger partial charge in [0, 0.05) is 33.1 Å². The third-order valence-electron chi connectivity index (χ3n) is 5.83. The lowest BCUT2D eigenvalue weighted by atomic mass is 9.69. The number of benzene rings is 1. The van der Waals surface area contributed by atoms with Crippen LogP contribution >= 0.6 is 27.7 Å². The largest absolute Gasteiger partial charge is 0.468 e. The lowest BCUT2D eigenvalue weighted by Crippen LogP contribution is -2.43.